The highest BCUT2D eigenvalue weighted by molar-refractivity contribution is 6.33. The number of para-hydroxylation sites is 1. The summed E-state index contributed by atoms with van der Waals surface area (Å²) in [4.78, 5) is 30.5. The minimum atomic E-state index is -0.435. The molecule has 28 heavy (non-hydrogen) atoms. The summed E-state index contributed by atoms with van der Waals surface area (Å²) < 4.78 is 0. The number of nitrogens with zero attached hydrogens (tertiary/aromatic N) is 3. The fourth-order valence-corrected chi connectivity index (χ4v) is 4.00. The number of hydrogen-bond donors (Lipinski definition) is 1. The maximum absolute atomic E-state index is 13.0. The summed E-state index contributed by atoms with van der Waals surface area (Å²) >= 11 is 12.2. The van der Waals surface area contributed by atoms with Crippen molar-refractivity contribution < 1.29 is 9.72 Å². The number of nitrogens with one attached hydrogen (secondary N) is 1. The molecule has 1 aromatic heterocycles. The van der Waals surface area contributed by atoms with Crippen molar-refractivity contribution in [1.29, 1.82) is 0 Å². The molecular weight excluding hydrogens is 403 g/mol. The monoisotopic (exact) mass is 418 g/mol. The number of rotatable bonds is 3. The highest BCUT2D eigenvalue weighted by Crippen LogP contribution is 2.36. The average molecular weight is 419 g/mol. The third-order valence-corrected chi connectivity index (χ3v) is 5.46. The van der Waals surface area contributed by atoms with Crippen LogP contribution in [0.25, 0.3) is 10.9 Å². The van der Waals surface area contributed by atoms with Gasteiger partial charge in [0.05, 0.1) is 15.5 Å². The number of fused-ring (bicyclic) bond motifs is 1. The lowest BCUT2D eigenvalue weighted by molar-refractivity contribution is -0.384. The van der Waals surface area contributed by atoms with Crippen molar-refractivity contribution in [3.63, 3.8) is 0 Å². The zero-order chi connectivity index (χ0) is 19.8. The largest absolute Gasteiger partial charge is 0.361 e. The maximum atomic E-state index is 13.0. The van der Waals surface area contributed by atoms with Crippen LogP contribution in [0.3, 0.4) is 0 Å². The van der Waals surface area contributed by atoms with Gasteiger partial charge in [-0.2, -0.15) is 0 Å². The van der Waals surface area contributed by atoms with Crippen molar-refractivity contribution in [1.82, 2.24) is 9.88 Å². The highest BCUT2D eigenvalue weighted by Gasteiger charge is 2.28. The molecular formula is C19H16Cl2N4O3. The van der Waals surface area contributed by atoms with Gasteiger partial charge < -0.3 is 14.8 Å². The quantitative estimate of drug-likeness (QED) is 0.506. The van der Waals surface area contributed by atoms with E-state index in [0.29, 0.717) is 47.5 Å². The molecule has 9 heteroatoms. The Bertz CT molecular complexity index is 1070. The number of carbonyl (C=O) groups excluding carboxylic acids is 1. The van der Waals surface area contributed by atoms with E-state index in [1.165, 1.54) is 6.07 Å². The van der Waals surface area contributed by atoms with E-state index < -0.39 is 4.92 Å². The molecule has 2 aromatic carbocycles. The van der Waals surface area contributed by atoms with Gasteiger partial charge in [-0.1, -0.05) is 35.3 Å². The van der Waals surface area contributed by atoms with Crippen molar-refractivity contribution in [2.45, 2.75) is 0 Å². The fraction of sp³-hybridized carbons (Fsp3) is 0.211. The zero-order valence-corrected chi connectivity index (χ0v) is 16.2. The van der Waals surface area contributed by atoms with E-state index in [1.807, 2.05) is 11.0 Å². The van der Waals surface area contributed by atoms with E-state index in [1.54, 1.807) is 35.4 Å². The molecule has 0 unspecified atom stereocenters. The van der Waals surface area contributed by atoms with E-state index in [2.05, 4.69) is 4.98 Å². The number of hydrogen-bond acceptors (Lipinski definition) is 4. The van der Waals surface area contributed by atoms with Crippen LogP contribution in [-0.4, -0.2) is 46.9 Å². The van der Waals surface area contributed by atoms with E-state index in [0.717, 1.165) is 10.9 Å². The molecule has 7 nitrogen and oxygen atoms in total. The van der Waals surface area contributed by atoms with Gasteiger partial charge in [-0.15, -0.1) is 0 Å². The summed E-state index contributed by atoms with van der Waals surface area (Å²) in [6.07, 6.45) is 1.69. The third-order valence-electron chi connectivity index (χ3n) is 4.92. The van der Waals surface area contributed by atoms with Gasteiger partial charge in [-0.3, -0.25) is 14.9 Å². The first-order chi connectivity index (χ1) is 13.5. The number of anilines is 1. The summed E-state index contributed by atoms with van der Waals surface area (Å²) in [5, 5.41) is 13.1. The second-order valence-corrected chi connectivity index (χ2v) is 7.38. The minimum Gasteiger partial charge on any atom is -0.361 e. The van der Waals surface area contributed by atoms with Crippen LogP contribution in [0.5, 0.6) is 0 Å². The van der Waals surface area contributed by atoms with Crippen LogP contribution in [-0.2, 0) is 0 Å². The highest BCUT2D eigenvalue weighted by atomic mass is 35.5. The molecule has 3 aromatic rings. The number of aromatic nitrogens is 1. The minimum absolute atomic E-state index is 0.0271. The molecule has 1 fully saturated rings. The number of aromatic amines is 1. The average Bonchev–Trinajstić information content (AvgIpc) is 3.10. The molecule has 1 amide bonds. The number of nitro benzene ring substituents is 1. The van der Waals surface area contributed by atoms with Crippen molar-refractivity contribution >= 4 is 51.4 Å². The molecule has 1 N–H and O–H groups in total. The summed E-state index contributed by atoms with van der Waals surface area (Å²) in [5.74, 6) is -0.0816. The third kappa shape index (κ3) is 3.27. The number of H-pyrrole nitrogens is 1. The SMILES string of the molecule is O=C(c1c[nH]c2cc(Cl)ccc12)N1CCN(c2c(Cl)cccc2[N+](=O)[O-])CC1. The van der Waals surface area contributed by atoms with E-state index >= 15 is 0 Å². The van der Waals surface area contributed by atoms with Crippen LogP contribution < -0.4 is 4.90 Å². The molecule has 0 bridgehead atoms. The van der Waals surface area contributed by atoms with Gasteiger partial charge >= 0.3 is 0 Å². The molecule has 1 aliphatic heterocycles. The maximum Gasteiger partial charge on any atom is 0.294 e. The van der Waals surface area contributed by atoms with Crippen LogP contribution in [0.1, 0.15) is 10.4 Å². The topological polar surface area (TPSA) is 82.5 Å². The first kappa shape index (κ1) is 18.6. The Morgan fingerprint density at radius 2 is 1.86 bits per heavy atom. The molecule has 0 radical (unpaired) electrons. The van der Waals surface area contributed by atoms with Gasteiger partial charge in [-0.05, 0) is 18.2 Å². The lowest BCUT2D eigenvalue weighted by atomic mass is 10.1. The number of piperazine rings is 1. The number of amides is 1. The van der Waals surface area contributed by atoms with Crippen molar-refractivity contribution in [3.8, 4) is 0 Å². The van der Waals surface area contributed by atoms with Crippen LogP contribution >= 0.6 is 23.2 Å². The van der Waals surface area contributed by atoms with Gasteiger partial charge in [0.1, 0.15) is 5.69 Å². The van der Waals surface area contributed by atoms with E-state index in [4.69, 9.17) is 23.2 Å². The first-order valence-electron chi connectivity index (χ1n) is 8.69. The molecule has 0 atom stereocenters. The van der Waals surface area contributed by atoms with Crippen molar-refractivity contribution in [2.75, 3.05) is 31.1 Å². The van der Waals surface area contributed by atoms with E-state index in [-0.39, 0.29) is 11.6 Å². The fourth-order valence-electron chi connectivity index (χ4n) is 3.54. The normalized spacial score (nSPS) is 14.5. The van der Waals surface area contributed by atoms with Crippen molar-refractivity contribution in [3.05, 3.63) is 68.3 Å². The van der Waals surface area contributed by atoms with Gasteiger partial charge in [0.15, 0.2) is 0 Å². The molecule has 0 aliphatic carbocycles. The van der Waals surface area contributed by atoms with Gasteiger partial charge in [0, 0.05) is 54.4 Å². The Balaban J connectivity index is 1.53. The molecule has 0 saturated carbocycles. The molecule has 4 rings (SSSR count). The second-order valence-electron chi connectivity index (χ2n) is 6.54. The van der Waals surface area contributed by atoms with Crippen molar-refractivity contribution in [2.24, 2.45) is 0 Å². The molecule has 1 saturated heterocycles. The molecule has 2 heterocycles. The van der Waals surface area contributed by atoms with Gasteiger partial charge in [0.2, 0.25) is 0 Å². The number of halogens is 2. The summed E-state index contributed by atoms with van der Waals surface area (Å²) in [5.41, 5.74) is 1.77. The lowest BCUT2D eigenvalue weighted by Gasteiger charge is -2.36. The number of carbonyl (C=O) groups is 1. The van der Waals surface area contributed by atoms with Gasteiger partial charge in [-0.25, -0.2) is 0 Å². The first-order valence-corrected chi connectivity index (χ1v) is 9.45. The molecule has 144 valence electrons. The van der Waals surface area contributed by atoms with Crippen LogP contribution in [0.15, 0.2) is 42.6 Å². The molecule has 0 spiro atoms. The Morgan fingerprint density at radius 1 is 1.11 bits per heavy atom. The van der Waals surface area contributed by atoms with Crippen LogP contribution in [0, 0.1) is 10.1 Å². The summed E-state index contributed by atoms with van der Waals surface area (Å²) in [7, 11) is 0. The second kappa shape index (κ2) is 7.33. The van der Waals surface area contributed by atoms with Crippen LogP contribution in [0.4, 0.5) is 11.4 Å². The Hall–Kier alpha value is -2.77. The number of benzene rings is 2. The van der Waals surface area contributed by atoms with E-state index in [9.17, 15) is 14.9 Å². The van der Waals surface area contributed by atoms with Crippen LogP contribution in [0.2, 0.25) is 10.0 Å². The zero-order valence-electron chi connectivity index (χ0n) is 14.7. The smallest absolute Gasteiger partial charge is 0.294 e. The molecule has 1 aliphatic rings. The Morgan fingerprint density at radius 3 is 2.57 bits per heavy atom. The summed E-state index contributed by atoms with van der Waals surface area (Å²) in [6, 6.07) is 10.00. The predicted octanol–water partition coefficient (Wildman–Crippen LogP) is 4.35. The summed E-state index contributed by atoms with van der Waals surface area (Å²) in [6.45, 7) is 1.82. The predicted molar refractivity (Wildman–Crippen MR) is 110 cm³/mol. The van der Waals surface area contributed by atoms with Gasteiger partial charge in [0.25, 0.3) is 11.6 Å². The standard InChI is InChI=1S/C19H16Cl2N4O3/c20-12-4-5-13-14(11-22-16(13)10-12)19(26)24-8-6-23(7-9-24)18-15(21)2-1-3-17(18)25(27)28/h1-5,10-11,22H,6-9H2. The lowest BCUT2D eigenvalue weighted by Crippen LogP contribution is -2.49. The Kier molecular flexibility index (Phi) is 4.87. The Labute approximate surface area is 170 Å². The number of nitro groups is 1.